The summed E-state index contributed by atoms with van der Waals surface area (Å²) in [4.78, 5) is 0. The lowest BCUT2D eigenvalue weighted by Gasteiger charge is -2.16. The maximum absolute atomic E-state index is 7.17. The van der Waals surface area contributed by atoms with Crippen LogP contribution in [0.25, 0.3) is 0 Å². The van der Waals surface area contributed by atoms with Gasteiger partial charge in [0.15, 0.2) is 0 Å². The van der Waals surface area contributed by atoms with Crippen LogP contribution in [0.15, 0.2) is 60.7 Å². The van der Waals surface area contributed by atoms with Gasteiger partial charge in [-0.05, 0) is 24.7 Å². The van der Waals surface area contributed by atoms with Crippen molar-refractivity contribution in [3.05, 3.63) is 60.7 Å². The van der Waals surface area contributed by atoms with Gasteiger partial charge in [0.05, 0.1) is 0 Å². The SMILES string of the molecule is CCP(c1ccccc1)c1ccccc1.OB(O)O. The highest BCUT2D eigenvalue weighted by atomic mass is 31.1. The third-order valence-corrected chi connectivity index (χ3v) is 4.93. The van der Waals surface area contributed by atoms with Crippen LogP contribution in [0.5, 0.6) is 0 Å². The molecule has 3 nitrogen and oxygen atoms in total. The molecule has 0 radical (unpaired) electrons. The van der Waals surface area contributed by atoms with E-state index < -0.39 is 7.32 Å². The van der Waals surface area contributed by atoms with Crippen molar-refractivity contribution in [1.29, 1.82) is 0 Å². The summed E-state index contributed by atoms with van der Waals surface area (Å²) in [7, 11) is -2.32. The van der Waals surface area contributed by atoms with Crippen molar-refractivity contribution in [1.82, 2.24) is 0 Å². The van der Waals surface area contributed by atoms with E-state index in [1.165, 1.54) is 16.8 Å². The van der Waals surface area contributed by atoms with Crippen LogP contribution in [0, 0.1) is 0 Å². The number of hydrogen-bond acceptors (Lipinski definition) is 3. The number of rotatable bonds is 3. The molecule has 2 aromatic rings. The molecule has 3 N–H and O–H groups in total. The lowest BCUT2D eigenvalue weighted by atomic mass is 10.3. The van der Waals surface area contributed by atoms with Crippen molar-refractivity contribution in [2.45, 2.75) is 6.92 Å². The topological polar surface area (TPSA) is 60.7 Å². The zero-order valence-corrected chi connectivity index (χ0v) is 11.7. The molecule has 0 saturated carbocycles. The molecule has 0 aromatic heterocycles. The Kier molecular flexibility index (Phi) is 7.38. The molecule has 0 atom stereocenters. The van der Waals surface area contributed by atoms with Crippen molar-refractivity contribution in [3.63, 3.8) is 0 Å². The van der Waals surface area contributed by atoms with Crippen LogP contribution < -0.4 is 10.6 Å². The molecule has 0 aliphatic heterocycles. The minimum atomic E-state index is -2.17. The molecule has 100 valence electrons. The average Bonchev–Trinajstić information content (AvgIpc) is 2.41. The standard InChI is InChI=1S/C14H15P.BH3O3/c1-2-15(13-9-5-3-6-10-13)14-11-7-4-8-12-14;2-1(3)4/h3-12H,2H2,1H3;2-4H. The van der Waals surface area contributed by atoms with Gasteiger partial charge in [-0.1, -0.05) is 67.6 Å². The van der Waals surface area contributed by atoms with Gasteiger partial charge in [0.1, 0.15) is 0 Å². The molecule has 0 fully saturated rings. The molecule has 0 unspecified atom stereocenters. The zero-order chi connectivity index (χ0) is 14.1. The summed E-state index contributed by atoms with van der Waals surface area (Å²) in [6.07, 6.45) is 1.21. The van der Waals surface area contributed by atoms with Crippen molar-refractivity contribution in [2.24, 2.45) is 0 Å². The first-order valence-corrected chi connectivity index (χ1v) is 7.59. The van der Waals surface area contributed by atoms with Crippen LogP contribution in [0.1, 0.15) is 6.92 Å². The first-order chi connectivity index (χ1) is 9.15. The molecule has 0 saturated heterocycles. The highest BCUT2D eigenvalue weighted by Gasteiger charge is 2.09. The van der Waals surface area contributed by atoms with E-state index in [9.17, 15) is 0 Å². The first-order valence-electron chi connectivity index (χ1n) is 6.07. The second kappa shape index (κ2) is 8.84. The summed E-state index contributed by atoms with van der Waals surface area (Å²) in [6.45, 7) is 2.27. The summed E-state index contributed by atoms with van der Waals surface area (Å²) >= 11 is 0. The van der Waals surface area contributed by atoms with Gasteiger partial charge in [0.2, 0.25) is 0 Å². The van der Waals surface area contributed by atoms with E-state index in [0.29, 0.717) is 0 Å². The summed E-state index contributed by atoms with van der Waals surface area (Å²) in [5.74, 6) is 0. The minimum absolute atomic E-state index is 0.149. The van der Waals surface area contributed by atoms with Crippen molar-refractivity contribution in [3.8, 4) is 0 Å². The lowest BCUT2D eigenvalue weighted by molar-refractivity contribution is 0.278. The molecule has 2 rings (SSSR count). The third-order valence-electron chi connectivity index (χ3n) is 2.45. The molecule has 0 aliphatic carbocycles. The van der Waals surface area contributed by atoms with E-state index in [0.717, 1.165) is 0 Å². The molecular formula is C14H18BO3P. The fourth-order valence-electron chi connectivity index (χ4n) is 1.73. The quantitative estimate of drug-likeness (QED) is 0.581. The van der Waals surface area contributed by atoms with E-state index in [-0.39, 0.29) is 7.92 Å². The smallest absolute Gasteiger partial charge is 0.402 e. The molecule has 0 bridgehead atoms. The predicted octanol–water partition coefficient (Wildman–Crippen LogP) is 1.09. The van der Waals surface area contributed by atoms with E-state index in [4.69, 9.17) is 15.1 Å². The largest absolute Gasteiger partial charge is 0.631 e. The second-order valence-corrected chi connectivity index (χ2v) is 6.28. The van der Waals surface area contributed by atoms with Crippen molar-refractivity contribution < 1.29 is 15.1 Å². The van der Waals surface area contributed by atoms with Gasteiger partial charge in [-0.25, -0.2) is 0 Å². The van der Waals surface area contributed by atoms with Crippen LogP contribution >= 0.6 is 7.92 Å². The molecule has 5 heteroatoms. The maximum atomic E-state index is 7.17. The maximum Gasteiger partial charge on any atom is 0.631 e. The van der Waals surface area contributed by atoms with Gasteiger partial charge in [-0.3, -0.25) is 0 Å². The molecule has 0 aliphatic rings. The normalized spacial score (nSPS) is 9.74. The molecule has 0 amide bonds. The van der Waals surface area contributed by atoms with Crippen LogP contribution in [0.3, 0.4) is 0 Å². The highest BCUT2D eigenvalue weighted by molar-refractivity contribution is 7.72. The highest BCUT2D eigenvalue weighted by Crippen LogP contribution is 2.32. The minimum Gasteiger partial charge on any atom is -0.402 e. The Balaban J connectivity index is 0.000000399. The fourth-order valence-corrected chi connectivity index (χ4v) is 3.82. The molecule has 0 spiro atoms. The summed E-state index contributed by atoms with van der Waals surface area (Å²) in [6, 6.07) is 21.6. The van der Waals surface area contributed by atoms with Gasteiger partial charge < -0.3 is 15.1 Å². The van der Waals surface area contributed by atoms with E-state index in [2.05, 4.69) is 67.6 Å². The van der Waals surface area contributed by atoms with E-state index >= 15 is 0 Å². The van der Waals surface area contributed by atoms with Crippen LogP contribution in [-0.2, 0) is 0 Å². The summed E-state index contributed by atoms with van der Waals surface area (Å²) in [5, 5.41) is 24.4. The second-order valence-electron chi connectivity index (χ2n) is 3.76. The Morgan fingerprint density at radius 3 is 1.37 bits per heavy atom. The third kappa shape index (κ3) is 5.99. The predicted molar refractivity (Wildman–Crippen MR) is 82.0 cm³/mol. The number of hydrogen-bond donors (Lipinski definition) is 3. The summed E-state index contributed by atoms with van der Waals surface area (Å²) in [5.41, 5.74) is 0. The van der Waals surface area contributed by atoms with Gasteiger partial charge in [-0.2, -0.15) is 0 Å². The Labute approximate surface area is 115 Å². The fraction of sp³-hybridized carbons (Fsp3) is 0.143. The van der Waals surface area contributed by atoms with E-state index in [1.807, 2.05) is 0 Å². The first kappa shape index (κ1) is 15.9. The van der Waals surface area contributed by atoms with Gasteiger partial charge >= 0.3 is 7.32 Å². The Bertz CT molecular complexity index is 409. The van der Waals surface area contributed by atoms with Gasteiger partial charge in [0, 0.05) is 0 Å². The van der Waals surface area contributed by atoms with Crippen LogP contribution in [0.4, 0.5) is 0 Å². The number of benzene rings is 2. The Morgan fingerprint density at radius 1 is 0.789 bits per heavy atom. The summed E-state index contributed by atoms with van der Waals surface area (Å²) < 4.78 is 0. The van der Waals surface area contributed by atoms with Crippen molar-refractivity contribution >= 4 is 25.9 Å². The van der Waals surface area contributed by atoms with Crippen molar-refractivity contribution in [2.75, 3.05) is 6.16 Å². The van der Waals surface area contributed by atoms with Gasteiger partial charge in [-0.15, -0.1) is 0 Å². The van der Waals surface area contributed by atoms with Crippen LogP contribution in [0.2, 0.25) is 0 Å². The lowest BCUT2D eigenvalue weighted by Crippen LogP contribution is -2.12. The van der Waals surface area contributed by atoms with Gasteiger partial charge in [0.25, 0.3) is 0 Å². The Hall–Kier alpha value is -1.19. The molecular weight excluding hydrogens is 258 g/mol. The average molecular weight is 276 g/mol. The molecule has 19 heavy (non-hydrogen) atoms. The van der Waals surface area contributed by atoms with E-state index in [1.54, 1.807) is 0 Å². The monoisotopic (exact) mass is 276 g/mol. The molecule has 0 heterocycles. The molecule has 2 aromatic carbocycles. The Morgan fingerprint density at radius 2 is 1.11 bits per heavy atom. The zero-order valence-electron chi connectivity index (χ0n) is 10.8. The van der Waals surface area contributed by atoms with Crippen LogP contribution in [-0.4, -0.2) is 28.6 Å².